The Morgan fingerprint density at radius 2 is 1.80 bits per heavy atom. The molecule has 1 unspecified atom stereocenters. The maximum atomic E-state index is 5.68. The largest absolute Gasteiger partial charge is 0.492 e. The molecule has 1 aromatic carbocycles. The molecule has 114 valence electrons. The summed E-state index contributed by atoms with van der Waals surface area (Å²) >= 11 is 7.41. The highest BCUT2D eigenvalue weighted by Gasteiger charge is 2.10. The average molecular weight is 406 g/mol. The van der Waals surface area contributed by atoms with Gasteiger partial charge in [0, 0.05) is 4.83 Å². The van der Waals surface area contributed by atoms with Crippen LogP contribution in [0.4, 0.5) is 0 Å². The molecule has 0 amide bonds. The average Bonchev–Trinajstić information content (AvgIpc) is 2.45. The summed E-state index contributed by atoms with van der Waals surface area (Å²) in [7, 11) is 0. The van der Waals surface area contributed by atoms with E-state index in [1.54, 1.807) is 0 Å². The fraction of sp³-hybridized carbons (Fsp3) is 0.647. The van der Waals surface area contributed by atoms with E-state index >= 15 is 0 Å². The van der Waals surface area contributed by atoms with Crippen LogP contribution in [0, 0.1) is 0 Å². The molecule has 0 aliphatic carbocycles. The molecule has 0 spiro atoms. The number of halogens is 2. The van der Waals surface area contributed by atoms with Gasteiger partial charge in [-0.2, -0.15) is 0 Å². The third-order valence-corrected chi connectivity index (χ3v) is 4.95. The van der Waals surface area contributed by atoms with E-state index < -0.39 is 0 Å². The summed E-state index contributed by atoms with van der Waals surface area (Å²) in [4.78, 5) is 0.445. The molecule has 0 N–H and O–H groups in total. The minimum absolute atomic E-state index is 0.445. The van der Waals surface area contributed by atoms with Crippen molar-refractivity contribution in [2.45, 2.75) is 63.6 Å². The Kier molecular flexibility index (Phi) is 9.62. The van der Waals surface area contributed by atoms with Crippen LogP contribution >= 0.6 is 31.9 Å². The number of benzene rings is 1. The first-order chi connectivity index (χ1) is 9.69. The van der Waals surface area contributed by atoms with Gasteiger partial charge in [0.25, 0.3) is 0 Å². The van der Waals surface area contributed by atoms with Crippen LogP contribution in [0.3, 0.4) is 0 Å². The predicted molar refractivity (Wildman–Crippen MR) is 95.0 cm³/mol. The third kappa shape index (κ3) is 6.62. The summed E-state index contributed by atoms with van der Waals surface area (Å²) in [6.07, 6.45) is 8.91. The second-order valence-corrected chi connectivity index (χ2v) is 7.17. The summed E-state index contributed by atoms with van der Waals surface area (Å²) in [5.74, 6) is 0.943. The first-order valence-corrected chi connectivity index (χ1v) is 9.46. The smallest absolute Gasteiger partial charge is 0.133 e. The van der Waals surface area contributed by atoms with E-state index in [1.165, 1.54) is 44.1 Å². The van der Waals surface area contributed by atoms with Gasteiger partial charge in [-0.1, -0.05) is 67.9 Å². The van der Waals surface area contributed by atoms with Crippen molar-refractivity contribution in [3.05, 3.63) is 28.2 Å². The second kappa shape index (κ2) is 10.7. The van der Waals surface area contributed by atoms with Crippen molar-refractivity contribution in [3.63, 3.8) is 0 Å². The standard InChI is InChI=1S/C17H26Br2O/c1-3-5-6-7-8-9-15(18)14-10-11-17(16(19)13-14)20-12-4-2/h10-11,13,15H,3-9,12H2,1-2H3. The van der Waals surface area contributed by atoms with Crippen LogP contribution in [0.15, 0.2) is 22.7 Å². The molecule has 1 rings (SSSR count). The van der Waals surface area contributed by atoms with Gasteiger partial charge >= 0.3 is 0 Å². The van der Waals surface area contributed by atoms with E-state index in [-0.39, 0.29) is 0 Å². The van der Waals surface area contributed by atoms with Crippen LogP contribution in [0.2, 0.25) is 0 Å². The minimum atomic E-state index is 0.445. The second-order valence-electron chi connectivity index (χ2n) is 5.21. The molecule has 20 heavy (non-hydrogen) atoms. The summed E-state index contributed by atoms with van der Waals surface area (Å²) in [6, 6.07) is 6.41. The zero-order chi connectivity index (χ0) is 14.8. The first kappa shape index (κ1) is 18.0. The van der Waals surface area contributed by atoms with Crippen LogP contribution in [0.25, 0.3) is 0 Å². The van der Waals surface area contributed by atoms with Gasteiger partial charge in [-0.05, 0) is 46.5 Å². The summed E-state index contributed by atoms with van der Waals surface area (Å²) in [5, 5.41) is 0. The maximum Gasteiger partial charge on any atom is 0.133 e. The Morgan fingerprint density at radius 1 is 1.05 bits per heavy atom. The van der Waals surface area contributed by atoms with E-state index in [0.717, 1.165) is 23.2 Å². The van der Waals surface area contributed by atoms with Gasteiger partial charge in [0.2, 0.25) is 0 Å². The molecule has 1 aromatic rings. The molecule has 0 aromatic heterocycles. The van der Waals surface area contributed by atoms with Gasteiger partial charge in [-0.25, -0.2) is 0 Å². The molecule has 0 bridgehead atoms. The highest BCUT2D eigenvalue weighted by molar-refractivity contribution is 9.10. The monoisotopic (exact) mass is 404 g/mol. The van der Waals surface area contributed by atoms with Crippen molar-refractivity contribution in [2.75, 3.05) is 6.61 Å². The molecule has 0 heterocycles. The molecule has 1 nitrogen and oxygen atoms in total. The highest BCUT2D eigenvalue weighted by atomic mass is 79.9. The van der Waals surface area contributed by atoms with Crippen molar-refractivity contribution < 1.29 is 4.74 Å². The Bertz CT molecular complexity index is 379. The normalized spacial score (nSPS) is 12.4. The van der Waals surface area contributed by atoms with Gasteiger partial charge in [0.15, 0.2) is 0 Å². The molecule has 0 fully saturated rings. The lowest BCUT2D eigenvalue weighted by atomic mass is 10.0. The van der Waals surface area contributed by atoms with Gasteiger partial charge in [-0.15, -0.1) is 0 Å². The molecule has 0 saturated heterocycles. The fourth-order valence-electron chi connectivity index (χ4n) is 2.13. The Hall–Kier alpha value is -0.0200. The molecular weight excluding hydrogens is 380 g/mol. The first-order valence-electron chi connectivity index (χ1n) is 7.75. The van der Waals surface area contributed by atoms with Crippen molar-refractivity contribution in [3.8, 4) is 5.75 Å². The molecule has 0 aliphatic rings. The maximum absolute atomic E-state index is 5.68. The van der Waals surface area contributed by atoms with Crippen LogP contribution in [0.1, 0.15) is 69.2 Å². The van der Waals surface area contributed by atoms with E-state index in [2.05, 4.69) is 63.9 Å². The van der Waals surface area contributed by atoms with E-state index in [1.807, 2.05) is 0 Å². The van der Waals surface area contributed by atoms with Crippen LogP contribution in [-0.2, 0) is 0 Å². The van der Waals surface area contributed by atoms with Gasteiger partial charge in [0.05, 0.1) is 11.1 Å². The van der Waals surface area contributed by atoms with Crippen LogP contribution in [0.5, 0.6) is 5.75 Å². The number of hydrogen-bond donors (Lipinski definition) is 0. The lowest BCUT2D eigenvalue weighted by Gasteiger charge is -2.13. The Balaban J connectivity index is 2.43. The lowest BCUT2D eigenvalue weighted by molar-refractivity contribution is 0.315. The van der Waals surface area contributed by atoms with Crippen LogP contribution in [-0.4, -0.2) is 6.61 Å². The van der Waals surface area contributed by atoms with Crippen molar-refractivity contribution in [1.29, 1.82) is 0 Å². The van der Waals surface area contributed by atoms with E-state index in [4.69, 9.17) is 4.74 Å². The number of hydrogen-bond acceptors (Lipinski definition) is 1. The SMILES string of the molecule is CCCCCCCC(Br)c1ccc(OCCC)c(Br)c1. The zero-order valence-corrected chi connectivity index (χ0v) is 15.8. The third-order valence-electron chi connectivity index (χ3n) is 3.34. The quantitative estimate of drug-likeness (QED) is 0.299. The predicted octanol–water partition coefficient (Wildman–Crippen LogP) is 7.03. The van der Waals surface area contributed by atoms with Gasteiger partial charge in [-0.3, -0.25) is 0 Å². The summed E-state index contributed by atoms with van der Waals surface area (Å²) in [6.45, 7) is 5.15. The van der Waals surface area contributed by atoms with E-state index in [0.29, 0.717) is 4.83 Å². The van der Waals surface area contributed by atoms with Gasteiger partial charge < -0.3 is 4.74 Å². The zero-order valence-electron chi connectivity index (χ0n) is 12.6. The summed E-state index contributed by atoms with van der Waals surface area (Å²) < 4.78 is 6.74. The number of ether oxygens (including phenoxy) is 1. The van der Waals surface area contributed by atoms with Crippen LogP contribution < -0.4 is 4.74 Å². The molecule has 3 heteroatoms. The molecule has 0 aliphatic heterocycles. The van der Waals surface area contributed by atoms with Gasteiger partial charge in [0.1, 0.15) is 5.75 Å². The number of unbranched alkanes of at least 4 members (excludes halogenated alkanes) is 4. The van der Waals surface area contributed by atoms with E-state index in [9.17, 15) is 0 Å². The topological polar surface area (TPSA) is 9.23 Å². The number of alkyl halides is 1. The molecular formula is C17H26Br2O. The molecule has 1 atom stereocenters. The van der Waals surface area contributed by atoms with Crippen molar-refractivity contribution >= 4 is 31.9 Å². The Morgan fingerprint density at radius 3 is 2.45 bits per heavy atom. The molecule has 0 saturated carbocycles. The van der Waals surface area contributed by atoms with Crippen molar-refractivity contribution in [1.82, 2.24) is 0 Å². The molecule has 0 radical (unpaired) electrons. The van der Waals surface area contributed by atoms with Crippen molar-refractivity contribution in [2.24, 2.45) is 0 Å². The highest BCUT2D eigenvalue weighted by Crippen LogP contribution is 2.34. The fourth-order valence-corrected chi connectivity index (χ4v) is 3.25. The number of rotatable bonds is 10. The minimum Gasteiger partial charge on any atom is -0.492 e. The lowest BCUT2D eigenvalue weighted by Crippen LogP contribution is -1.97. The Labute approximate surface area is 140 Å². The summed E-state index contributed by atoms with van der Waals surface area (Å²) in [5.41, 5.74) is 1.33.